The maximum absolute atomic E-state index is 13.4. The van der Waals surface area contributed by atoms with Crippen LogP contribution in [0.5, 0.6) is 0 Å². The molecular weight excluding hydrogens is 212 g/mol. The molecule has 1 aromatic heterocycles. The number of pyridine rings is 1. The summed E-state index contributed by atoms with van der Waals surface area (Å²) in [6.07, 6.45) is 2.90. The molecule has 16 heavy (non-hydrogen) atoms. The van der Waals surface area contributed by atoms with Gasteiger partial charge < -0.3 is 5.11 Å². The number of benzene rings is 1. The molecule has 0 radical (unpaired) electrons. The zero-order valence-electron chi connectivity index (χ0n) is 8.32. The summed E-state index contributed by atoms with van der Waals surface area (Å²) >= 11 is 0. The van der Waals surface area contributed by atoms with Crippen molar-refractivity contribution in [2.45, 2.75) is 6.61 Å². The van der Waals surface area contributed by atoms with Crippen molar-refractivity contribution in [1.82, 2.24) is 4.98 Å². The molecule has 0 atom stereocenters. The third-order valence-corrected chi connectivity index (χ3v) is 2.22. The number of rotatable bonds is 2. The fraction of sp³-hybridized carbons (Fsp3) is 0.0833. The molecule has 4 heteroatoms. The maximum atomic E-state index is 13.4. The van der Waals surface area contributed by atoms with Crippen molar-refractivity contribution in [3.63, 3.8) is 0 Å². The second-order valence-electron chi connectivity index (χ2n) is 3.36. The topological polar surface area (TPSA) is 33.1 Å². The monoisotopic (exact) mass is 221 g/mol. The van der Waals surface area contributed by atoms with E-state index in [4.69, 9.17) is 5.11 Å². The van der Waals surface area contributed by atoms with Gasteiger partial charge in [-0.25, -0.2) is 8.78 Å². The molecule has 0 unspecified atom stereocenters. The summed E-state index contributed by atoms with van der Waals surface area (Å²) in [7, 11) is 0. The van der Waals surface area contributed by atoms with Gasteiger partial charge in [-0.2, -0.15) is 0 Å². The minimum atomic E-state index is -0.515. The van der Waals surface area contributed by atoms with Gasteiger partial charge in [0.25, 0.3) is 0 Å². The molecule has 2 rings (SSSR count). The quantitative estimate of drug-likeness (QED) is 0.845. The molecule has 1 aromatic carbocycles. The van der Waals surface area contributed by atoms with Gasteiger partial charge in [0.05, 0.1) is 6.61 Å². The number of hydrogen-bond acceptors (Lipinski definition) is 2. The number of aliphatic hydroxyl groups is 1. The lowest BCUT2D eigenvalue weighted by Crippen LogP contribution is -1.90. The van der Waals surface area contributed by atoms with Gasteiger partial charge in [-0.15, -0.1) is 0 Å². The summed E-state index contributed by atoms with van der Waals surface area (Å²) < 4.78 is 26.4. The Morgan fingerprint density at radius 1 is 1.12 bits per heavy atom. The summed E-state index contributed by atoms with van der Waals surface area (Å²) in [4.78, 5) is 3.85. The largest absolute Gasteiger partial charge is 0.392 e. The number of aromatic nitrogens is 1. The summed E-state index contributed by atoms with van der Waals surface area (Å²) in [6.45, 7) is -0.183. The fourth-order valence-corrected chi connectivity index (χ4v) is 1.44. The highest BCUT2D eigenvalue weighted by molar-refractivity contribution is 5.63. The predicted molar refractivity (Wildman–Crippen MR) is 55.5 cm³/mol. The van der Waals surface area contributed by atoms with Crippen molar-refractivity contribution in [2.75, 3.05) is 0 Å². The van der Waals surface area contributed by atoms with Gasteiger partial charge in [0, 0.05) is 23.5 Å². The van der Waals surface area contributed by atoms with Crippen LogP contribution in [-0.4, -0.2) is 10.1 Å². The Labute approximate surface area is 91.2 Å². The molecule has 0 fully saturated rings. The van der Waals surface area contributed by atoms with E-state index in [2.05, 4.69) is 4.98 Å². The van der Waals surface area contributed by atoms with E-state index in [0.717, 1.165) is 18.2 Å². The van der Waals surface area contributed by atoms with E-state index in [1.807, 2.05) is 0 Å². The molecule has 1 heterocycles. The van der Waals surface area contributed by atoms with Gasteiger partial charge >= 0.3 is 0 Å². The van der Waals surface area contributed by atoms with E-state index < -0.39 is 11.6 Å². The standard InChI is InChI=1S/C12H9F2NO/c13-10-1-2-12(14)11(4-10)9-3-8(7-16)5-15-6-9/h1-6,16H,7H2. The molecule has 0 spiro atoms. The first kappa shape index (κ1) is 10.7. The highest BCUT2D eigenvalue weighted by atomic mass is 19.1. The first-order valence-corrected chi connectivity index (χ1v) is 4.71. The molecule has 0 saturated heterocycles. The number of nitrogens with zero attached hydrogens (tertiary/aromatic N) is 1. The Balaban J connectivity index is 2.53. The van der Waals surface area contributed by atoms with Gasteiger partial charge in [-0.3, -0.25) is 4.98 Å². The lowest BCUT2D eigenvalue weighted by Gasteiger charge is -2.04. The number of halogens is 2. The normalized spacial score (nSPS) is 10.4. The zero-order valence-corrected chi connectivity index (χ0v) is 8.32. The SMILES string of the molecule is OCc1cncc(-c2cc(F)ccc2F)c1. The zero-order chi connectivity index (χ0) is 11.5. The van der Waals surface area contributed by atoms with Crippen molar-refractivity contribution in [3.8, 4) is 11.1 Å². The van der Waals surface area contributed by atoms with Crippen LogP contribution in [0.25, 0.3) is 11.1 Å². The lowest BCUT2D eigenvalue weighted by molar-refractivity contribution is 0.281. The average molecular weight is 221 g/mol. The molecule has 2 nitrogen and oxygen atoms in total. The van der Waals surface area contributed by atoms with E-state index in [1.165, 1.54) is 12.4 Å². The van der Waals surface area contributed by atoms with E-state index in [1.54, 1.807) is 6.07 Å². The van der Waals surface area contributed by atoms with Crippen LogP contribution in [0.1, 0.15) is 5.56 Å². The molecule has 2 aromatic rings. The summed E-state index contributed by atoms with van der Waals surface area (Å²) in [5, 5.41) is 8.93. The Hall–Kier alpha value is -1.81. The maximum Gasteiger partial charge on any atom is 0.131 e. The third kappa shape index (κ3) is 2.06. The van der Waals surface area contributed by atoms with E-state index >= 15 is 0 Å². The van der Waals surface area contributed by atoms with Gasteiger partial charge in [0.15, 0.2) is 0 Å². The fourth-order valence-electron chi connectivity index (χ4n) is 1.44. The van der Waals surface area contributed by atoms with E-state index in [-0.39, 0.29) is 12.2 Å². The van der Waals surface area contributed by atoms with Gasteiger partial charge in [0.2, 0.25) is 0 Å². The van der Waals surface area contributed by atoms with E-state index in [9.17, 15) is 8.78 Å². The Bertz CT molecular complexity index is 514. The first-order chi connectivity index (χ1) is 7.70. The third-order valence-electron chi connectivity index (χ3n) is 2.22. The summed E-state index contributed by atoms with van der Waals surface area (Å²) in [5.74, 6) is -1.02. The molecule has 1 N–H and O–H groups in total. The van der Waals surface area contributed by atoms with Crippen molar-refractivity contribution in [2.24, 2.45) is 0 Å². The van der Waals surface area contributed by atoms with Crippen LogP contribution in [0.15, 0.2) is 36.7 Å². The molecule has 0 bridgehead atoms. The van der Waals surface area contributed by atoms with E-state index in [0.29, 0.717) is 11.1 Å². The average Bonchev–Trinajstić information content (AvgIpc) is 2.32. The molecule has 82 valence electrons. The Kier molecular flexibility index (Phi) is 2.92. The van der Waals surface area contributed by atoms with Crippen LogP contribution in [0.4, 0.5) is 8.78 Å². The highest BCUT2D eigenvalue weighted by Gasteiger charge is 2.07. The predicted octanol–water partition coefficient (Wildman–Crippen LogP) is 2.52. The van der Waals surface area contributed by atoms with Crippen LogP contribution in [-0.2, 0) is 6.61 Å². The van der Waals surface area contributed by atoms with Crippen LogP contribution < -0.4 is 0 Å². The molecule has 0 amide bonds. The molecule has 0 aliphatic rings. The van der Waals surface area contributed by atoms with Crippen LogP contribution in [0.3, 0.4) is 0 Å². The van der Waals surface area contributed by atoms with Crippen molar-refractivity contribution in [3.05, 3.63) is 53.9 Å². The second-order valence-corrected chi connectivity index (χ2v) is 3.36. The lowest BCUT2D eigenvalue weighted by atomic mass is 10.1. The second kappa shape index (κ2) is 4.37. The number of aliphatic hydroxyl groups excluding tert-OH is 1. The Morgan fingerprint density at radius 3 is 2.69 bits per heavy atom. The van der Waals surface area contributed by atoms with Crippen molar-refractivity contribution in [1.29, 1.82) is 0 Å². The molecule has 0 aliphatic carbocycles. The number of hydrogen-bond donors (Lipinski definition) is 1. The van der Waals surface area contributed by atoms with Crippen molar-refractivity contribution < 1.29 is 13.9 Å². The van der Waals surface area contributed by atoms with Gasteiger partial charge in [-0.05, 0) is 29.8 Å². The minimum absolute atomic E-state index is 0.141. The van der Waals surface area contributed by atoms with Crippen LogP contribution in [0.2, 0.25) is 0 Å². The molecule has 0 aliphatic heterocycles. The van der Waals surface area contributed by atoms with Gasteiger partial charge in [-0.1, -0.05) is 0 Å². The smallest absolute Gasteiger partial charge is 0.131 e. The highest BCUT2D eigenvalue weighted by Crippen LogP contribution is 2.23. The van der Waals surface area contributed by atoms with Gasteiger partial charge in [0.1, 0.15) is 11.6 Å². The van der Waals surface area contributed by atoms with Crippen LogP contribution >= 0.6 is 0 Å². The first-order valence-electron chi connectivity index (χ1n) is 4.71. The summed E-state index contributed by atoms with van der Waals surface area (Å²) in [6, 6.07) is 4.80. The van der Waals surface area contributed by atoms with Crippen molar-refractivity contribution >= 4 is 0 Å². The molecule has 0 saturated carbocycles. The van der Waals surface area contributed by atoms with Crippen LogP contribution in [0, 0.1) is 11.6 Å². The summed E-state index contributed by atoms with van der Waals surface area (Å²) in [5.41, 5.74) is 1.15. The molecular formula is C12H9F2NO. The minimum Gasteiger partial charge on any atom is -0.392 e. The Morgan fingerprint density at radius 2 is 1.94 bits per heavy atom.